The molecule has 21 heavy (non-hydrogen) atoms. The molecule has 1 aromatic carbocycles. The van der Waals surface area contributed by atoms with Crippen LogP contribution in [0.1, 0.15) is 50.2 Å². The van der Waals surface area contributed by atoms with Crippen molar-refractivity contribution in [2.24, 2.45) is 0 Å². The summed E-state index contributed by atoms with van der Waals surface area (Å²) in [4.78, 5) is 13.1. The lowest BCUT2D eigenvalue weighted by atomic mass is 9.97. The van der Waals surface area contributed by atoms with Gasteiger partial charge in [-0.05, 0) is 43.0 Å². The molecular formula is C18H25NO2. The standard InChI is InChI=1S/C18H25NO2/c1-2-5-17-6-3-4-13-19(17)14-16-9-7-15(8-10-16)11-12-18(20)21/h7-12,17H,2-6,13-14H2,1H3,(H,20,21)/b12-11+. The van der Waals surface area contributed by atoms with Crippen molar-refractivity contribution in [3.63, 3.8) is 0 Å². The van der Waals surface area contributed by atoms with Gasteiger partial charge < -0.3 is 5.11 Å². The van der Waals surface area contributed by atoms with Gasteiger partial charge in [-0.15, -0.1) is 0 Å². The summed E-state index contributed by atoms with van der Waals surface area (Å²) in [6.45, 7) is 4.47. The largest absolute Gasteiger partial charge is 0.478 e. The van der Waals surface area contributed by atoms with Crippen LogP contribution in [0.4, 0.5) is 0 Å². The number of carboxylic acid groups (broad SMARTS) is 1. The lowest BCUT2D eigenvalue weighted by Crippen LogP contribution is -2.38. The molecule has 1 unspecified atom stereocenters. The Hall–Kier alpha value is -1.61. The van der Waals surface area contributed by atoms with E-state index in [1.165, 1.54) is 50.3 Å². The second-order valence-corrected chi connectivity index (χ2v) is 5.82. The van der Waals surface area contributed by atoms with Crippen LogP contribution in [0.5, 0.6) is 0 Å². The van der Waals surface area contributed by atoms with Crippen LogP contribution >= 0.6 is 0 Å². The van der Waals surface area contributed by atoms with Crippen LogP contribution in [0.25, 0.3) is 6.08 Å². The Bertz CT molecular complexity index is 476. The lowest BCUT2D eigenvalue weighted by Gasteiger charge is -2.35. The zero-order chi connectivity index (χ0) is 15.1. The minimum atomic E-state index is -0.908. The van der Waals surface area contributed by atoms with Gasteiger partial charge in [0.05, 0.1) is 0 Å². The number of carboxylic acids is 1. The second kappa shape index (κ2) is 7.99. The molecule has 0 saturated carbocycles. The molecule has 0 aliphatic carbocycles. The van der Waals surface area contributed by atoms with Crippen molar-refractivity contribution < 1.29 is 9.90 Å². The number of piperidine rings is 1. The zero-order valence-electron chi connectivity index (χ0n) is 12.8. The van der Waals surface area contributed by atoms with Gasteiger partial charge in [0.15, 0.2) is 0 Å². The maximum Gasteiger partial charge on any atom is 0.328 e. The van der Waals surface area contributed by atoms with Crippen LogP contribution in [-0.4, -0.2) is 28.6 Å². The minimum Gasteiger partial charge on any atom is -0.478 e. The molecule has 3 heteroatoms. The highest BCUT2D eigenvalue weighted by molar-refractivity contribution is 5.85. The number of benzene rings is 1. The Kier molecular flexibility index (Phi) is 6.00. The molecule has 1 saturated heterocycles. The van der Waals surface area contributed by atoms with Gasteiger partial charge in [-0.1, -0.05) is 44.0 Å². The van der Waals surface area contributed by atoms with Gasteiger partial charge in [-0.2, -0.15) is 0 Å². The summed E-state index contributed by atoms with van der Waals surface area (Å²) in [7, 11) is 0. The number of hydrogen-bond donors (Lipinski definition) is 1. The van der Waals surface area contributed by atoms with Crippen molar-refractivity contribution in [3.8, 4) is 0 Å². The summed E-state index contributed by atoms with van der Waals surface area (Å²) >= 11 is 0. The highest BCUT2D eigenvalue weighted by Gasteiger charge is 2.21. The monoisotopic (exact) mass is 287 g/mol. The topological polar surface area (TPSA) is 40.5 Å². The molecule has 1 N–H and O–H groups in total. The summed E-state index contributed by atoms with van der Waals surface area (Å²) in [6.07, 6.45) is 9.34. The fourth-order valence-electron chi connectivity index (χ4n) is 3.06. The molecule has 1 heterocycles. The van der Waals surface area contributed by atoms with Crippen molar-refractivity contribution in [1.82, 2.24) is 4.90 Å². The Morgan fingerprint density at radius 1 is 1.33 bits per heavy atom. The quantitative estimate of drug-likeness (QED) is 0.806. The SMILES string of the molecule is CCCC1CCCCN1Cc1ccc(/C=C/C(=O)O)cc1. The molecule has 2 rings (SSSR count). The number of likely N-dealkylation sites (tertiary alicyclic amines) is 1. The summed E-state index contributed by atoms with van der Waals surface area (Å²) < 4.78 is 0. The molecule has 1 aromatic rings. The smallest absolute Gasteiger partial charge is 0.328 e. The summed E-state index contributed by atoms with van der Waals surface area (Å²) in [5, 5.41) is 8.63. The lowest BCUT2D eigenvalue weighted by molar-refractivity contribution is -0.131. The third-order valence-electron chi connectivity index (χ3n) is 4.15. The number of hydrogen-bond acceptors (Lipinski definition) is 2. The predicted molar refractivity (Wildman–Crippen MR) is 86.1 cm³/mol. The molecule has 0 aromatic heterocycles. The highest BCUT2D eigenvalue weighted by atomic mass is 16.4. The molecule has 3 nitrogen and oxygen atoms in total. The number of nitrogens with zero attached hydrogens (tertiary/aromatic N) is 1. The van der Waals surface area contributed by atoms with Crippen LogP contribution in [0.3, 0.4) is 0 Å². The molecule has 1 atom stereocenters. The van der Waals surface area contributed by atoms with Crippen molar-refractivity contribution in [1.29, 1.82) is 0 Å². The predicted octanol–water partition coefficient (Wildman–Crippen LogP) is 3.94. The average molecular weight is 287 g/mol. The van der Waals surface area contributed by atoms with E-state index in [4.69, 9.17) is 5.11 Å². The van der Waals surface area contributed by atoms with Crippen LogP contribution in [0.2, 0.25) is 0 Å². The number of rotatable bonds is 6. The first kappa shape index (κ1) is 15.8. The van der Waals surface area contributed by atoms with E-state index in [-0.39, 0.29) is 0 Å². The van der Waals surface area contributed by atoms with Crippen molar-refractivity contribution >= 4 is 12.0 Å². The van der Waals surface area contributed by atoms with Crippen LogP contribution < -0.4 is 0 Å². The first-order chi connectivity index (χ1) is 10.2. The first-order valence-corrected chi connectivity index (χ1v) is 7.93. The van der Waals surface area contributed by atoms with Gasteiger partial charge in [0.2, 0.25) is 0 Å². The summed E-state index contributed by atoms with van der Waals surface area (Å²) in [6, 6.07) is 8.94. The number of aliphatic carboxylic acids is 1. The van der Waals surface area contributed by atoms with E-state index in [1.54, 1.807) is 6.08 Å². The highest BCUT2D eigenvalue weighted by Crippen LogP contribution is 2.23. The van der Waals surface area contributed by atoms with Gasteiger partial charge in [0.1, 0.15) is 0 Å². The molecule has 0 amide bonds. The van der Waals surface area contributed by atoms with E-state index in [0.717, 1.165) is 18.2 Å². The number of carbonyl (C=O) groups is 1. The Labute approximate surface area is 127 Å². The third kappa shape index (κ3) is 5.01. The van der Waals surface area contributed by atoms with Crippen LogP contribution in [0.15, 0.2) is 30.3 Å². The fraction of sp³-hybridized carbons (Fsp3) is 0.500. The first-order valence-electron chi connectivity index (χ1n) is 7.93. The molecule has 0 bridgehead atoms. The Morgan fingerprint density at radius 3 is 2.76 bits per heavy atom. The van der Waals surface area contributed by atoms with E-state index < -0.39 is 5.97 Å². The molecular weight excluding hydrogens is 262 g/mol. The zero-order valence-corrected chi connectivity index (χ0v) is 12.8. The summed E-state index contributed by atoms with van der Waals surface area (Å²) in [5.74, 6) is -0.908. The van der Waals surface area contributed by atoms with E-state index >= 15 is 0 Å². The molecule has 0 radical (unpaired) electrons. The maximum absolute atomic E-state index is 10.5. The molecule has 114 valence electrons. The van der Waals surface area contributed by atoms with Crippen molar-refractivity contribution in [3.05, 3.63) is 41.5 Å². The van der Waals surface area contributed by atoms with Gasteiger partial charge in [-0.3, -0.25) is 4.90 Å². The van der Waals surface area contributed by atoms with Crippen LogP contribution in [-0.2, 0) is 11.3 Å². The molecule has 0 spiro atoms. The van der Waals surface area contributed by atoms with Gasteiger partial charge >= 0.3 is 5.97 Å². The van der Waals surface area contributed by atoms with Crippen LogP contribution in [0, 0.1) is 0 Å². The van der Waals surface area contributed by atoms with Crippen molar-refractivity contribution in [2.75, 3.05) is 6.54 Å². The van der Waals surface area contributed by atoms with E-state index in [2.05, 4.69) is 24.0 Å². The maximum atomic E-state index is 10.5. The third-order valence-corrected chi connectivity index (χ3v) is 4.15. The summed E-state index contributed by atoms with van der Waals surface area (Å²) in [5.41, 5.74) is 2.25. The Morgan fingerprint density at radius 2 is 2.10 bits per heavy atom. The second-order valence-electron chi connectivity index (χ2n) is 5.82. The molecule has 1 fully saturated rings. The molecule has 1 aliphatic heterocycles. The van der Waals surface area contributed by atoms with Gasteiger partial charge in [0.25, 0.3) is 0 Å². The van der Waals surface area contributed by atoms with Gasteiger partial charge in [0, 0.05) is 18.7 Å². The normalized spacial score (nSPS) is 20.0. The van der Waals surface area contributed by atoms with Gasteiger partial charge in [-0.25, -0.2) is 4.79 Å². The van der Waals surface area contributed by atoms with E-state index in [1.807, 2.05) is 12.1 Å². The van der Waals surface area contributed by atoms with E-state index in [0.29, 0.717) is 0 Å². The van der Waals surface area contributed by atoms with Crippen molar-refractivity contribution in [2.45, 2.75) is 51.6 Å². The molecule has 1 aliphatic rings. The van der Waals surface area contributed by atoms with E-state index in [9.17, 15) is 4.79 Å². The average Bonchev–Trinajstić information content (AvgIpc) is 2.49. The minimum absolute atomic E-state index is 0.732. The Balaban J connectivity index is 1.97. The fourth-order valence-corrected chi connectivity index (χ4v) is 3.06.